The van der Waals surface area contributed by atoms with Crippen LogP contribution >= 0.6 is 11.8 Å². The average molecular weight is 297 g/mol. The highest BCUT2D eigenvalue weighted by atomic mass is 32.2. The summed E-state index contributed by atoms with van der Waals surface area (Å²) >= 11 is 1.09. The standard InChI is InChI=1S/C15H14F3NS/c1-2-19-9-10-4-3-5-13(17)15(10)20-11-6-7-12(16)14(18)8-11/h3-8,19H,2,9H2,1H3. The number of hydrogen-bond acceptors (Lipinski definition) is 2. The van der Waals surface area contributed by atoms with Crippen molar-refractivity contribution < 1.29 is 13.2 Å². The predicted molar refractivity (Wildman–Crippen MR) is 74.3 cm³/mol. The summed E-state index contributed by atoms with van der Waals surface area (Å²) in [6.07, 6.45) is 0. The van der Waals surface area contributed by atoms with E-state index >= 15 is 0 Å². The van der Waals surface area contributed by atoms with Gasteiger partial charge in [-0.2, -0.15) is 0 Å². The maximum atomic E-state index is 13.9. The summed E-state index contributed by atoms with van der Waals surface area (Å²) in [5.41, 5.74) is 0.793. The van der Waals surface area contributed by atoms with Gasteiger partial charge in [0.2, 0.25) is 0 Å². The van der Waals surface area contributed by atoms with Gasteiger partial charge in [0, 0.05) is 11.4 Å². The average Bonchev–Trinajstić information content (AvgIpc) is 2.43. The molecule has 0 aliphatic rings. The fourth-order valence-electron chi connectivity index (χ4n) is 1.72. The SMILES string of the molecule is CCNCc1cccc(F)c1Sc1ccc(F)c(F)c1. The smallest absolute Gasteiger partial charge is 0.159 e. The van der Waals surface area contributed by atoms with Gasteiger partial charge >= 0.3 is 0 Å². The highest BCUT2D eigenvalue weighted by molar-refractivity contribution is 7.99. The van der Waals surface area contributed by atoms with Crippen LogP contribution in [0.25, 0.3) is 0 Å². The van der Waals surface area contributed by atoms with Crippen LogP contribution in [0.3, 0.4) is 0 Å². The highest BCUT2D eigenvalue weighted by Crippen LogP contribution is 2.33. The van der Waals surface area contributed by atoms with Crippen LogP contribution in [0.4, 0.5) is 13.2 Å². The first-order valence-corrected chi connectivity index (χ1v) is 7.04. The molecular weight excluding hydrogens is 283 g/mol. The lowest BCUT2D eigenvalue weighted by Gasteiger charge is -2.11. The van der Waals surface area contributed by atoms with Crippen molar-refractivity contribution in [2.45, 2.75) is 23.3 Å². The van der Waals surface area contributed by atoms with E-state index in [2.05, 4.69) is 5.32 Å². The van der Waals surface area contributed by atoms with Gasteiger partial charge in [-0.05, 0) is 36.4 Å². The molecule has 2 aromatic carbocycles. The molecule has 0 aliphatic carbocycles. The quantitative estimate of drug-likeness (QED) is 0.880. The second-order valence-corrected chi connectivity index (χ2v) is 5.27. The van der Waals surface area contributed by atoms with Gasteiger partial charge in [0.1, 0.15) is 5.82 Å². The van der Waals surface area contributed by atoms with Crippen molar-refractivity contribution >= 4 is 11.8 Å². The molecule has 0 amide bonds. The third-order valence-electron chi connectivity index (χ3n) is 2.72. The van der Waals surface area contributed by atoms with Crippen LogP contribution in [0.1, 0.15) is 12.5 Å². The second kappa shape index (κ2) is 6.81. The Morgan fingerprint density at radius 1 is 1.00 bits per heavy atom. The van der Waals surface area contributed by atoms with Crippen molar-refractivity contribution in [3.63, 3.8) is 0 Å². The van der Waals surface area contributed by atoms with Crippen LogP contribution < -0.4 is 5.32 Å². The molecule has 0 saturated carbocycles. The first-order chi connectivity index (χ1) is 9.61. The molecule has 0 aromatic heterocycles. The molecule has 20 heavy (non-hydrogen) atoms. The summed E-state index contributed by atoms with van der Waals surface area (Å²) in [6, 6.07) is 8.36. The number of nitrogens with one attached hydrogen (secondary N) is 1. The van der Waals surface area contributed by atoms with Gasteiger partial charge in [0.25, 0.3) is 0 Å². The van der Waals surface area contributed by atoms with Gasteiger partial charge in [-0.25, -0.2) is 13.2 Å². The van der Waals surface area contributed by atoms with E-state index in [4.69, 9.17) is 0 Å². The lowest BCUT2D eigenvalue weighted by atomic mass is 10.2. The highest BCUT2D eigenvalue weighted by Gasteiger charge is 2.11. The first kappa shape index (κ1) is 14.9. The van der Waals surface area contributed by atoms with E-state index in [1.54, 1.807) is 6.07 Å². The normalized spacial score (nSPS) is 10.8. The largest absolute Gasteiger partial charge is 0.313 e. The van der Waals surface area contributed by atoms with Crippen LogP contribution in [0.2, 0.25) is 0 Å². The zero-order valence-electron chi connectivity index (χ0n) is 10.9. The number of halogens is 3. The lowest BCUT2D eigenvalue weighted by Crippen LogP contribution is -2.12. The summed E-state index contributed by atoms with van der Waals surface area (Å²) in [5, 5.41) is 3.12. The molecule has 0 atom stereocenters. The zero-order valence-corrected chi connectivity index (χ0v) is 11.7. The summed E-state index contributed by atoms with van der Waals surface area (Å²) in [6.45, 7) is 3.26. The van der Waals surface area contributed by atoms with Crippen LogP contribution in [0.5, 0.6) is 0 Å². The van der Waals surface area contributed by atoms with Gasteiger partial charge in [-0.1, -0.05) is 30.8 Å². The molecule has 1 N–H and O–H groups in total. The van der Waals surface area contributed by atoms with Gasteiger partial charge in [0.15, 0.2) is 11.6 Å². The van der Waals surface area contributed by atoms with Crippen molar-refractivity contribution in [1.82, 2.24) is 5.32 Å². The Hall–Kier alpha value is -1.46. The van der Waals surface area contributed by atoms with Gasteiger partial charge in [0.05, 0.1) is 4.90 Å². The molecule has 0 aliphatic heterocycles. The molecule has 106 valence electrons. The number of benzene rings is 2. The molecule has 0 spiro atoms. The monoisotopic (exact) mass is 297 g/mol. The summed E-state index contributed by atoms with van der Waals surface area (Å²) in [7, 11) is 0. The molecule has 0 heterocycles. The van der Waals surface area contributed by atoms with E-state index in [1.807, 2.05) is 13.0 Å². The molecule has 0 bridgehead atoms. The predicted octanol–water partition coefficient (Wildman–Crippen LogP) is 4.36. The fraction of sp³-hybridized carbons (Fsp3) is 0.200. The minimum Gasteiger partial charge on any atom is -0.313 e. The van der Waals surface area contributed by atoms with Crippen LogP contribution in [-0.2, 0) is 6.54 Å². The molecule has 2 aromatic rings. The molecule has 0 unspecified atom stereocenters. The molecule has 5 heteroatoms. The molecular formula is C15H14F3NS. The summed E-state index contributed by atoms with van der Waals surface area (Å²) in [5.74, 6) is -2.20. The Labute approximate surface area is 120 Å². The molecule has 1 nitrogen and oxygen atoms in total. The molecule has 2 rings (SSSR count). The van der Waals surface area contributed by atoms with Crippen molar-refractivity contribution in [2.75, 3.05) is 6.54 Å². The summed E-state index contributed by atoms with van der Waals surface area (Å²) < 4.78 is 40.0. The Balaban J connectivity index is 2.29. The zero-order chi connectivity index (χ0) is 14.5. The van der Waals surface area contributed by atoms with Crippen LogP contribution in [0.15, 0.2) is 46.2 Å². The van der Waals surface area contributed by atoms with E-state index in [-0.39, 0.29) is 5.82 Å². The van der Waals surface area contributed by atoms with Crippen molar-refractivity contribution in [1.29, 1.82) is 0 Å². The summed E-state index contributed by atoms with van der Waals surface area (Å²) in [4.78, 5) is 0.895. The Morgan fingerprint density at radius 2 is 1.80 bits per heavy atom. The van der Waals surface area contributed by atoms with E-state index in [0.717, 1.165) is 36.0 Å². The third kappa shape index (κ3) is 3.55. The van der Waals surface area contributed by atoms with E-state index < -0.39 is 11.6 Å². The van der Waals surface area contributed by atoms with E-state index in [0.29, 0.717) is 16.3 Å². The van der Waals surface area contributed by atoms with Gasteiger partial charge in [-0.3, -0.25) is 0 Å². The molecule has 0 radical (unpaired) electrons. The number of rotatable bonds is 5. The van der Waals surface area contributed by atoms with Gasteiger partial charge in [-0.15, -0.1) is 0 Å². The number of hydrogen-bond donors (Lipinski definition) is 1. The van der Waals surface area contributed by atoms with Crippen LogP contribution in [0, 0.1) is 17.5 Å². The maximum absolute atomic E-state index is 13.9. The Bertz CT molecular complexity index is 602. The molecule has 0 fully saturated rings. The molecule has 0 saturated heterocycles. The van der Waals surface area contributed by atoms with Gasteiger partial charge < -0.3 is 5.32 Å². The van der Waals surface area contributed by atoms with Crippen LogP contribution in [-0.4, -0.2) is 6.54 Å². The fourth-order valence-corrected chi connectivity index (χ4v) is 2.70. The van der Waals surface area contributed by atoms with E-state index in [1.165, 1.54) is 12.1 Å². The third-order valence-corrected chi connectivity index (χ3v) is 3.88. The second-order valence-electron chi connectivity index (χ2n) is 4.19. The first-order valence-electron chi connectivity index (χ1n) is 6.23. The lowest BCUT2D eigenvalue weighted by molar-refractivity contribution is 0.506. The minimum absolute atomic E-state index is 0.366. The Kier molecular flexibility index (Phi) is 5.09. The van der Waals surface area contributed by atoms with E-state index in [9.17, 15) is 13.2 Å². The van der Waals surface area contributed by atoms with Crippen molar-refractivity contribution in [3.8, 4) is 0 Å². The maximum Gasteiger partial charge on any atom is 0.159 e. The minimum atomic E-state index is -0.931. The topological polar surface area (TPSA) is 12.0 Å². The Morgan fingerprint density at radius 3 is 2.50 bits per heavy atom. The van der Waals surface area contributed by atoms with Crippen molar-refractivity contribution in [3.05, 3.63) is 59.4 Å². The van der Waals surface area contributed by atoms with Crippen molar-refractivity contribution in [2.24, 2.45) is 0 Å².